The minimum absolute atomic E-state index is 0.0928. The van der Waals surface area contributed by atoms with Gasteiger partial charge in [-0.25, -0.2) is 0 Å². The monoisotopic (exact) mass is 213 g/mol. The number of hydrogen-bond acceptors (Lipinski definition) is 3. The topological polar surface area (TPSA) is 38.3 Å². The summed E-state index contributed by atoms with van der Waals surface area (Å²) in [4.78, 5) is 11.0. The van der Waals surface area contributed by atoms with Gasteiger partial charge in [0, 0.05) is 6.54 Å². The molecular formula is C12H23NO2. The van der Waals surface area contributed by atoms with Crippen LogP contribution in [-0.2, 0) is 9.53 Å². The maximum Gasteiger partial charge on any atom is 0.307 e. The molecule has 2 unspecified atom stereocenters. The molecule has 1 N–H and O–H groups in total. The van der Waals surface area contributed by atoms with Crippen molar-refractivity contribution < 1.29 is 9.53 Å². The lowest BCUT2D eigenvalue weighted by molar-refractivity contribution is -0.142. The fourth-order valence-electron chi connectivity index (χ4n) is 2.24. The summed E-state index contributed by atoms with van der Waals surface area (Å²) >= 11 is 0. The molecule has 2 atom stereocenters. The summed E-state index contributed by atoms with van der Waals surface area (Å²) in [5, 5.41) is 3.34. The highest BCUT2D eigenvalue weighted by Gasteiger charge is 2.20. The summed E-state index contributed by atoms with van der Waals surface area (Å²) in [7, 11) is 0. The first-order valence-electron chi connectivity index (χ1n) is 6.08. The fourth-order valence-corrected chi connectivity index (χ4v) is 2.24. The summed E-state index contributed by atoms with van der Waals surface area (Å²) in [5.41, 5.74) is 0. The number of ether oxygens (including phenoxy) is 1. The van der Waals surface area contributed by atoms with E-state index in [1.54, 1.807) is 0 Å². The number of hydrogen-bond donors (Lipinski definition) is 1. The Morgan fingerprint density at radius 1 is 1.47 bits per heavy atom. The quantitative estimate of drug-likeness (QED) is 0.541. The predicted octanol–water partition coefficient (Wildman–Crippen LogP) is 1.97. The van der Waals surface area contributed by atoms with Crippen molar-refractivity contribution in [2.45, 2.75) is 39.5 Å². The first-order chi connectivity index (χ1) is 7.22. The third-order valence-corrected chi connectivity index (χ3v) is 3.05. The fraction of sp³-hybridized carbons (Fsp3) is 0.917. The molecule has 1 saturated carbocycles. The molecule has 0 radical (unpaired) electrons. The lowest BCUT2D eigenvalue weighted by Gasteiger charge is -2.10. The Labute approximate surface area is 92.6 Å². The molecule has 0 aromatic heterocycles. The third kappa shape index (κ3) is 5.17. The average molecular weight is 213 g/mol. The Hall–Kier alpha value is -0.570. The van der Waals surface area contributed by atoms with Gasteiger partial charge in [0.1, 0.15) is 0 Å². The largest absolute Gasteiger partial charge is 0.466 e. The molecule has 0 spiro atoms. The summed E-state index contributed by atoms with van der Waals surface area (Å²) in [6, 6.07) is 0. The molecule has 1 fully saturated rings. The summed E-state index contributed by atoms with van der Waals surface area (Å²) in [6.45, 7) is 6.45. The molecule has 1 aliphatic rings. The molecule has 0 amide bonds. The number of carbonyl (C=O) groups is 1. The van der Waals surface area contributed by atoms with Crippen LogP contribution in [0.1, 0.15) is 39.5 Å². The second kappa shape index (κ2) is 6.83. The molecule has 3 heteroatoms. The van der Waals surface area contributed by atoms with Crippen LogP contribution >= 0.6 is 0 Å². The van der Waals surface area contributed by atoms with Crippen molar-refractivity contribution in [2.75, 3.05) is 19.7 Å². The first-order valence-corrected chi connectivity index (χ1v) is 6.08. The molecular weight excluding hydrogens is 190 g/mol. The van der Waals surface area contributed by atoms with Crippen LogP contribution in [-0.4, -0.2) is 25.7 Å². The Morgan fingerprint density at radius 2 is 2.27 bits per heavy atom. The van der Waals surface area contributed by atoms with E-state index < -0.39 is 0 Å². The smallest absolute Gasteiger partial charge is 0.307 e. The second-order valence-corrected chi connectivity index (χ2v) is 4.54. The molecule has 0 bridgehead atoms. The lowest BCUT2D eigenvalue weighted by atomic mass is 10.1. The van der Waals surface area contributed by atoms with Gasteiger partial charge in [0.15, 0.2) is 0 Å². The lowest BCUT2D eigenvalue weighted by Crippen LogP contribution is -2.24. The summed E-state index contributed by atoms with van der Waals surface area (Å²) in [6.07, 6.45) is 4.54. The maximum absolute atomic E-state index is 11.0. The van der Waals surface area contributed by atoms with Gasteiger partial charge in [-0.05, 0) is 38.1 Å². The Morgan fingerprint density at radius 3 is 2.87 bits per heavy atom. The van der Waals surface area contributed by atoms with Crippen molar-refractivity contribution in [3.8, 4) is 0 Å². The van der Waals surface area contributed by atoms with Gasteiger partial charge in [0.2, 0.25) is 0 Å². The Balaban J connectivity index is 1.95. The minimum Gasteiger partial charge on any atom is -0.466 e. The van der Waals surface area contributed by atoms with Crippen LogP contribution in [0.15, 0.2) is 0 Å². The maximum atomic E-state index is 11.0. The van der Waals surface area contributed by atoms with Crippen molar-refractivity contribution in [1.29, 1.82) is 0 Å². The summed E-state index contributed by atoms with van der Waals surface area (Å²) in [5.74, 6) is 1.62. The van der Waals surface area contributed by atoms with Crippen LogP contribution in [0, 0.1) is 11.8 Å². The molecule has 0 aromatic carbocycles. The van der Waals surface area contributed by atoms with Gasteiger partial charge in [-0.2, -0.15) is 0 Å². The van der Waals surface area contributed by atoms with Crippen LogP contribution in [0.3, 0.4) is 0 Å². The highest BCUT2D eigenvalue weighted by Crippen LogP contribution is 2.29. The molecule has 0 heterocycles. The van der Waals surface area contributed by atoms with Crippen LogP contribution in [0.5, 0.6) is 0 Å². The van der Waals surface area contributed by atoms with Gasteiger partial charge in [-0.1, -0.05) is 13.3 Å². The Bertz CT molecular complexity index is 194. The van der Waals surface area contributed by atoms with Gasteiger partial charge >= 0.3 is 5.97 Å². The SMILES string of the molecule is CCOC(=O)CCNCC1CCC(C)C1. The van der Waals surface area contributed by atoms with E-state index in [2.05, 4.69) is 12.2 Å². The van der Waals surface area contributed by atoms with Gasteiger partial charge in [0.05, 0.1) is 13.0 Å². The van der Waals surface area contributed by atoms with Crippen molar-refractivity contribution >= 4 is 5.97 Å². The zero-order valence-electron chi connectivity index (χ0n) is 9.92. The van der Waals surface area contributed by atoms with Crippen LogP contribution in [0.4, 0.5) is 0 Å². The predicted molar refractivity (Wildman–Crippen MR) is 60.6 cm³/mol. The van der Waals surface area contributed by atoms with E-state index in [1.165, 1.54) is 19.3 Å². The summed E-state index contributed by atoms with van der Waals surface area (Å²) < 4.78 is 4.85. The molecule has 0 aromatic rings. The van der Waals surface area contributed by atoms with E-state index in [1.807, 2.05) is 6.92 Å². The standard InChI is InChI=1S/C12H23NO2/c1-3-15-12(14)6-7-13-9-11-5-4-10(2)8-11/h10-11,13H,3-9H2,1-2H3. The molecule has 0 aliphatic heterocycles. The number of nitrogens with one attached hydrogen (secondary N) is 1. The molecule has 1 rings (SSSR count). The number of esters is 1. The molecule has 3 nitrogen and oxygen atoms in total. The highest BCUT2D eigenvalue weighted by molar-refractivity contribution is 5.69. The van der Waals surface area contributed by atoms with Crippen molar-refractivity contribution in [1.82, 2.24) is 5.32 Å². The van der Waals surface area contributed by atoms with E-state index in [0.717, 1.165) is 24.9 Å². The molecule has 88 valence electrons. The molecule has 1 aliphatic carbocycles. The van der Waals surface area contributed by atoms with Crippen molar-refractivity contribution in [3.63, 3.8) is 0 Å². The zero-order valence-corrected chi connectivity index (χ0v) is 9.92. The van der Waals surface area contributed by atoms with Gasteiger partial charge in [0.25, 0.3) is 0 Å². The van der Waals surface area contributed by atoms with E-state index in [9.17, 15) is 4.79 Å². The van der Waals surface area contributed by atoms with Crippen LogP contribution in [0.25, 0.3) is 0 Å². The van der Waals surface area contributed by atoms with E-state index in [4.69, 9.17) is 4.74 Å². The van der Waals surface area contributed by atoms with E-state index in [-0.39, 0.29) is 5.97 Å². The van der Waals surface area contributed by atoms with Crippen molar-refractivity contribution in [3.05, 3.63) is 0 Å². The molecule has 15 heavy (non-hydrogen) atoms. The zero-order chi connectivity index (χ0) is 11.1. The van der Waals surface area contributed by atoms with Gasteiger partial charge in [-0.15, -0.1) is 0 Å². The third-order valence-electron chi connectivity index (χ3n) is 3.05. The van der Waals surface area contributed by atoms with Crippen LogP contribution < -0.4 is 5.32 Å². The number of rotatable bonds is 6. The number of carbonyl (C=O) groups excluding carboxylic acids is 1. The Kier molecular flexibility index (Phi) is 5.69. The van der Waals surface area contributed by atoms with Crippen LogP contribution in [0.2, 0.25) is 0 Å². The van der Waals surface area contributed by atoms with Gasteiger partial charge < -0.3 is 10.1 Å². The van der Waals surface area contributed by atoms with E-state index in [0.29, 0.717) is 13.0 Å². The second-order valence-electron chi connectivity index (χ2n) is 4.54. The minimum atomic E-state index is -0.0928. The first kappa shape index (κ1) is 12.5. The molecule has 0 saturated heterocycles. The average Bonchev–Trinajstić information content (AvgIpc) is 2.60. The van der Waals surface area contributed by atoms with Crippen molar-refractivity contribution in [2.24, 2.45) is 11.8 Å². The van der Waals surface area contributed by atoms with Gasteiger partial charge in [-0.3, -0.25) is 4.79 Å². The van der Waals surface area contributed by atoms with E-state index >= 15 is 0 Å². The normalized spacial score (nSPS) is 25.5. The highest BCUT2D eigenvalue weighted by atomic mass is 16.5.